The van der Waals surface area contributed by atoms with Crippen LogP contribution in [0.3, 0.4) is 0 Å². The number of ether oxygens (including phenoxy) is 1. The fourth-order valence-corrected chi connectivity index (χ4v) is 2.57. The maximum Gasteiger partial charge on any atom is 0.226 e. The summed E-state index contributed by atoms with van der Waals surface area (Å²) in [5.74, 6) is 2.59. The molecule has 9 heteroatoms. The summed E-state index contributed by atoms with van der Waals surface area (Å²) >= 11 is 0. The lowest BCUT2D eigenvalue weighted by molar-refractivity contribution is -0.121. The number of nitrogens with one attached hydrogen (secondary N) is 1. The fraction of sp³-hybridized carbons (Fsp3) is 0.389. The first-order chi connectivity index (χ1) is 13.2. The zero-order valence-corrected chi connectivity index (χ0v) is 15.4. The van der Waals surface area contributed by atoms with Crippen LogP contribution >= 0.6 is 0 Å². The Hall–Kier alpha value is -3.23. The van der Waals surface area contributed by atoms with Gasteiger partial charge in [-0.05, 0) is 18.6 Å². The highest BCUT2D eigenvalue weighted by molar-refractivity contribution is 5.75. The fourth-order valence-electron chi connectivity index (χ4n) is 2.57. The quantitative estimate of drug-likeness (QED) is 0.609. The second-order valence-corrected chi connectivity index (χ2v) is 6.06. The van der Waals surface area contributed by atoms with E-state index in [1.54, 1.807) is 13.4 Å². The normalized spacial score (nSPS) is 10.7. The van der Waals surface area contributed by atoms with Crippen molar-refractivity contribution >= 4 is 5.91 Å². The summed E-state index contributed by atoms with van der Waals surface area (Å²) in [6, 6.07) is 7.46. The number of nitrogens with zero attached hydrogens (tertiary/aromatic N) is 5. The van der Waals surface area contributed by atoms with E-state index in [2.05, 4.69) is 25.7 Å². The molecule has 9 nitrogen and oxygen atoms in total. The van der Waals surface area contributed by atoms with Gasteiger partial charge in [0.15, 0.2) is 0 Å². The molecule has 0 radical (unpaired) electrons. The average Bonchev–Trinajstić information content (AvgIpc) is 3.31. The number of methoxy groups -OCH3 is 1. The molecule has 2 aromatic heterocycles. The number of amides is 1. The third-order valence-electron chi connectivity index (χ3n) is 4.07. The van der Waals surface area contributed by atoms with Crippen molar-refractivity contribution in [2.75, 3.05) is 13.7 Å². The van der Waals surface area contributed by atoms with Gasteiger partial charge in [-0.2, -0.15) is 4.98 Å². The van der Waals surface area contributed by atoms with Crippen LogP contribution in [-0.2, 0) is 24.7 Å². The Kier molecular flexibility index (Phi) is 6.14. The maximum atomic E-state index is 11.9. The number of carbonyl (C=O) groups is 1. The monoisotopic (exact) mass is 370 g/mol. The summed E-state index contributed by atoms with van der Waals surface area (Å²) in [7, 11) is 3.49. The lowest BCUT2D eigenvalue weighted by Crippen LogP contribution is -2.26. The zero-order valence-electron chi connectivity index (χ0n) is 15.4. The van der Waals surface area contributed by atoms with E-state index < -0.39 is 0 Å². The van der Waals surface area contributed by atoms with Gasteiger partial charge in [-0.15, -0.1) is 10.2 Å². The molecule has 0 unspecified atom stereocenters. The van der Waals surface area contributed by atoms with Crippen molar-refractivity contribution in [3.05, 3.63) is 42.3 Å². The smallest absolute Gasteiger partial charge is 0.226 e. The van der Waals surface area contributed by atoms with Gasteiger partial charge in [0.25, 0.3) is 0 Å². The molecule has 1 amide bonds. The van der Waals surface area contributed by atoms with Gasteiger partial charge < -0.3 is 19.1 Å². The molecule has 1 aromatic carbocycles. The largest absolute Gasteiger partial charge is 0.497 e. The molecular formula is C18H22N6O3. The lowest BCUT2D eigenvalue weighted by Gasteiger charge is -2.04. The summed E-state index contributed by atoms with van der Waals surface area (Å²) in [5.41, 5.74) is 0.825. The van der Waals surface area contributed by atoms with Crippen LogP contribution in [0.5, 0.6) is 5.75 Å². The summed E-state index contributed by atoms with van der Waals surface area (Å²) in [6.07, 6.45) is 3.87. The maximum absolute atomic E-state index is 11.9. The Labute approximate surface area is 156 Å². The number of aryl methyl sites for hydroxylation is 2. The number of rotatable bonds is 9. The van der Waals surface area contributed by atoms with Gasteiger partial charge in [0, 0.05) is 38.4 Å². The van der Waals surface area contributed by atoms with Crippen molar-refractivity contribution in [3.8, 4) is 17.1 Å². The SMILES string of the molecule is COc1cccc(-c2noc(CCCC(=O)NCCc3nncn3C)n2)c1. The number of benzene rings is 1. The van der Waals surface area contributed by atoms with Crippen LogP contribution in [-0.4, -0.2) is 44.5 Å². The Morgan fingerprint density at radius 2 is 2.22 bits per heavy atom. The molecule has 27 heavy (non-hydrogen) atoms. The van der Waals surface area contributed by atoms with Crippen molar-refractivity contribution in [2.45, 2.75) is 25.7 Å². The number of hydrogen-bond donors (Lipinski definition) is 1. The molecule has 2 heterocycles. The van der Waals surface area contributed by atoms with Crippen molar-refractivity contribution < 1.29 is 14.1 Å². The summed E-state index contributed by atoms with van der Waals surface area (Å²) in [5, 5.41) is 14.7. The van der Waals surface area contributed by atoms with Gasteiger partial charge in [0.1, 0.15) is 17.9 Å². The van der Waals surface area contributed by atoms with Crippen molar-refractivity contribution in [3.63, 3.8) is 0 Å². The van der Waals surface area contributed by atoms with Gasteiger partial charge in [0.05, 0.1) is 7.11 Å². The minimum Gasteiger partial charge on any atom is -0.497 e. The number of carbonyl (C=O) groups excluding carboxylic acids is 1. The summed E-state index contributed by atoms with van der Waals surface area (Å²) in [6.45, 7) is 0.534. The number of aromatic nitrogens is 5. The van der Waals surface area contributed by atoms with Crippen molar-refractivity contribution in [1.82, 2.24) is 30.2 Å². The van der Waals surface area contributed by atoms with Crippen LogP contribution < -0.4 is 10.1 Å². The molecule has 0 bridgehead atoms. The molecule has 0 spiro atoms. The summed E-state index contributed by atoms with van der Waals surface area (Å²) < 4.78 is 12.3. The standard InChI is InChI=1S/C18H22N6O3/c1-24-12-20-22-15(24)9-10-19-16(25)7-4-8-17-21-18(23-27-17)13-5-3-6-14(11-13)26-2/h3,5-6,11-12H,4,7-10H2,1-2H3,(H,19,25). The Morgan fingerprint density at radius 1 is 1.33 bits per heavy atom. The van der Waals surface area contributed by atoms with Crippen LogP contribution in [0.1, 0.15) is 24.6 Å². The predicted octanol–water partition coefficient (Wildman–Crippen LogP) is 1.56. The molecule has 0 aliphatic carbocycles. The van der Waals surface area contributed by atoms with Gasteiger partial charge in [-0.3, -0.25) is 4.79 Å². The molecule has 142 valence electrons. The van der Waals surface area contributed by atoms with Gasteiger partial charge >= 0.3 is 0 Å². The molecule has 3 aromatic rings. The van der Waals surface area contributed by atoms with Crippen LogP contribution in [0.25, 0.3) is 11.4 Å². The Bertz CT molecular complexity index is 889. The van der Waals surface area contributed by atoms with E-state index in [4.69, 9.17) is 9.26 Å². The van der Waals surface area contributed by atoms with Gasteiger partial charge in [-0.1, -0.05) is 17.3 Å². The van der Waals surface area contributed by atoms with E-state index in [-0.39, 0.29) is 5.91 Å². The highest BCUT2D eigenvalue weighted by atomic mass is 16.5. The van der Waals surface area contributed by atoms with Crippen LogP contribution in [0.15, 0.2) is 35.1 Å². The minimum absolute atomic E-state index is 0.00953. The molecule has 0 aliphatic rings. The molecule has 0 aliphatic heterocycles. The molecule has 0 saturated heterocycles. The predicted molar refractivity (Wildman–Crippen MR) is 96.9 cm³/mol. The molecule has 0 atom stereocenters. The third kappa shape index (κ3) is 5.13. The molecule has 3 rings (SSSR count). The van der Waals surface area contributed by atoms with Crippen molar-refractivity contribution in [1.29, 1.82) is 0 Å². The van der Waals surface area contributed by atoms with Crippen molar-refractivity contribution in [2.24, 2.45) is 7.05 Å². The third-order valence-corrected chi connectivity index (χ3v) is 4.07. The lowest BCUT2D eigenvalue weighted by atomic mass is 10.2. The minimum atomic E-state index is -0.00953. The summed E-state index contributed by atoms with van der Waals surface area (Å²) in [4.78, 5) is 16.3. The topological polar surface area (TPSA) is 108 Å². The van der Waals surface area contributed by atoms with E-state index in [0.29, 0.717) is 43.9 Å². The van der Waals surface area contributed by atoms with E-state index in [1.165, 1.54) is 0 Å². The average molecular weight is 370 g/mol. The van der Waals surface area contributed by atoms with Crippen LogP contribution in [0, 0.1) is 0 Å². The highest BCUT2D eigenvalue weighted by Gasteiger charge is 2.10. The molecule has 0 fully saturated rings. The number of hydrogen-bond acceptors (Lipinski definition) is 7. The first kappa shape index (κ1) is 18.6. The molecular weight excluding hydrogens is 348 g/mol. The van der Waals surface area contributed by atoms with E-state index in [9.17, 15) is 4.79 Å². The molecule has 1 N–H and O–H groups in total. The zero-order chi connectivity index (χ0) is 19.1. The Balaban J connectivity index is 1.40. The first-order valence-electron chi connectivity index (χ1n) is 8.72. The van der Waals surface area contributed by atoms with Gasteiger partial charge in [-0.25, -0.2) is 0 Å². The van der Waals surface area contributed by atoms with E-state index >= 15 is 0 Å². The second kappa shape index (κ2) is 8.93. The Morgan fingerprint density at radius 3 is 3.00 bits per heavy atom. The van der Waals surface area contributed by atoms with Crippen LogP contribution in [0.2, 0.25) is 0 Å². The molecule has 0 saturated carbocycles. The highest BCUT2D eigenvalue weighted by Crippen LogP contribution is 2.21. The van der Waals surface area contributed by atoms with Crippen LogP contribution in [0.4, 0.5) is 0 Å². The first-order valence-corrected chi connectivity index (χ1v) is 8.72. The van der Waals surface area contributed by atoms with E-state index in [1.807, 2.05) is 35.9 Å². The second-order valence-electron chi connectivity index (χ2n) is 6.06. The van der Waals surface area contributed by atoms with Gasteiger partial charge in [0.2, 0.25) is 17.6 Å². The van der Waals surface area contributed by atoms with E-state index in [0.717, 1.165) is 17.1 Å².